The highest BCUT2D eigenvalue weighted by Gasteiger charge is 2.24. The summed E-state index contributed by atoms with van der Waals surface area (Å²) in [6.07, 6.45) is 2.28. The molecule has 0 radical (unpaired) electrons. The Labute approximate surface area is 138 Å². The summed E-state index contributed by atoms with van der Waals surface area (Å²) in [7, 11) is 0. The lowest BCUT2D eigenvalue weighted by molar-refractivity contribution is -0.122. The second-order valence-corrected chi connectivity index (χ2v) is 5.95. The van der Waals surface area contributed by atoms with E-state index in [-0.39, 0.29) is 24.1 Å². The van der Waals surface area contributed by atoms with Crippen molar-refractivity contribution >= 4 is 17.5 Å². The van der Waals surface area contributed by atoms with Crippen LogP contribution in [0.15, 0.2) is 41.3 Å². The van der Waals surface area contributed by atoms with Crippen LogP contribution in [0.4, 0.5) is 0 Å². The molecule has 1 N–H and O–H groups in total. The standard InChI is InChI=1S/C17H17ClN2O3/c1-11-4-3-8-20(17(11)22)10-15(21)19-14-7-9-23-16-12(14)5-2-6-13(16)18/h2-6,8,14H,7,9-10H2,1H3,(H,19,21). The number of benzene rings is 1. The molecule has 0 bridgehead atoms. The van der Waals surface area contributed by atoms with E-state index >= 15 is 0 Å². The van der Waals surface area contributed by atoms with Gasteiger partial charge in [0, 0.05) is 23.7 Å². The summed E-state index contributed by atoms with van der Waals surface area (Å²) in [5.74, 6) is 0.411. The van der Waals surface area contributed by atoms with Gasteiger partial charge in [0.05, 0.1) is 17.7 Å². The van der Waals surface area contributed by atoms with Gasteiger partial charge in [-0.05, 0) is 19.1 Å². The number of pyridine rings is 1. The van der Waals surface area contributed by atoms with Gasteiger partial charge < -0.3 is 14.6 Å². The number of ether oxygens (including phenoxy) is 1. The van der Waals surface area contributed by atoms with Gasteiger partial charge in [0.25, 0.3) is 5.56 Å². The van der Waals surface area contributed by atoms with Gasteiger partial charge in [-0.1, -0.05) is 29.8 Å². The van der Waals surface area contributed by atoms with Gasteiger partial charge in [-0.2, -0.15) is 0 Å². The van der Waals surface area contributed by atoms with Crippen LogP contribution in [-0.2, 0) is 11.3 Å². The lowest BCUT2D eigenvalue weighted by Crippen LogP contribution is -2.36. The molecule has 0 aliphatic carbocycles. The van der Waals surface area contributed by atoms with Crippen LogP contribution in [0.25, 0.3) is 0 Å². The molecule has 6 heteroatoms. The minimum absolute atomic E-state index is 0.00618. The molecule has 1 atom stereocenters. The first-order valence-corrected chi connectivity index (χ1v) is 7.80. The lowest BCUT2D eigenvalue weighted by atomic mass is 10.0. The number of para-hydroxylation sites is 1. The van der Waals surface area contributed by atoms with Crippen molar-refractivity contribution in [2.24, 2.45) is 0 Å². The summed E-state index contributed by atoms with van der Waals surface area (Å²) in [6.45, 7) is 2.22. The molecule has 1 amide bonds. The molecule has 1 aromatic carbocycles. The monoisotopic (exact) mass is 332 g/mol. The third-order valence-electron chi connectivity index (χ3n) is 3.89. The van der Waals surface area contributed by atoms with Crippen molar-refractivity contribution in [2.75, 3.05) is 6.61 Å². The fourth-order valence-corrected chi connectivity index (χ4v) is 2.95. The Kier molecular flexibility index (Phi) is 4.39. The highest BCUT2D eigenvalue weighted by molar-refractivity contribution is 6.32. The number of carbonyl (C=O) groups excluding carboxylic acids is 1. The molecule has 2 aromatic rings. The number of nitrogens with one attached hydrogen (secondary N) is 1. The molecular formula is C17H17ClN2O3. The maximum absolute atomic E-state index is 12.3. The van der Waals surface area contributed by atoms with E-state index in [0.29, 0.717) is 29.4 Å². The Morgan fingerprint density at radius 2 is 2.22 bits per heavy atom. The van der Waals surface area contributed by atoms with Crippen LogP contribution >= 0.6 is 11.6 Å². The lowest BCUT2D eigenvalue weighted by Gasteiger charge is -2.27. The topological polar surface area (TPSA) is 60.3 Å². The van der Waals surface area contributed by atoms with E-state index in [9.17, 15) is 9.59 Å². The summed E-state index contributed by atoms with van der Waals surface area (Å²) >= 11 is 6.13. The van der Waals surface area contributed by atoms with Gasteiger partial charge in [0.1, 0.15) is 12.3 Å². The van der Waals surface area contributed by atoms with E-state index in [2.05, 4.69) is 5.32 Å². The van der Waals surface area contributed by atoms with Crippen LogP contribution in [0.1, 0.15) is 23.6 Å². The van der Waals surface area contributed by atoms with Gasteiger partial charge in [0.15, 0.2) is 0 Å². The SMILES string of the molecule is Cc1cccn(CC(=O)NC2CCOc3c(Cl)cccc32)c1=O. The molecule has 1 unspecified atom stereocenters. The van der Waals surface area contributed by atoms with E-state index in [0.717, 1.165) is 5.56 Å². The van der Waals surface area contributed by atoms with Crippen molar-refractivity contribution in [3.05, 3.63) is 63.0 Å². The fourth-order valence-electron chi connectivity index (χ4n) is 2.71. The Hall–Kier alpha value is -2.27. The molecule has 0 fully saturated rings. The zero-order valence-corrected chi connectivity index (χ0v) is 13.5. The van der Waals surface area contributed by atoms with E-state index in [1.54, 1.807) is 31.3 Å². The average Bonchev–Trinajstić information content (AvgIpc) is 2.53. The third-order valence-corrected chi connectivity index (χ3v) is 4.18. The van der Waals surface area contributed by atoms with Crippen molar-refractivity contribution in [1.82, 2.24) is 9.88 Å². The molecule has 1 aliphatic rings. The molecular weight excluding hydrogens is 316 g/mol. The predicted molar refractivity (Wildman–Crippen MR) is 87.9 cm³/mol. The van der Waals surface area contributed by atoms with Gasteiger partial charge >= 0.3 is 0 Å². The number of hydrogen-bond acceptors (Lipinski definition) is 3. The quantitative estimate of drug-likeness (QED) is 0.939. The molecule has 1 aliphatic heterocycles. The first-order chi connectivity index (χ1) is 11.1. The third kappa shape index (κ3) is 3.24. The average molecular weight is 333 g/mol. The van der Waals surface area contributed by atoms with Gasteiger partial charge in [-0.25, -0.2) is 0 Å². The molecule has 0 saturated carbocycles. The van der Waals surface area contributed by atoms with E-state index < -0.39 is 0 Å². The number of aryl methyl sites for hydroxylation is 1. The van der Waals surface area contributed by atoms with Crippen molar-refractivity contribution in [3.63, 3.8) is 0 Å². The van der Waals surface area contributed by atoms with E-state index in [4.69, 9.17) is 16.3 Å². The smallest absolute Gasteiger partial charge is 0.253 e. The molecule has 23 heavy (non-hydrogen) atoms. The first-order valence-electron chi connectivity index (χ1n) is 7.43. The number of nitrogens with zero attached hydrogens (tertiary/aromatic N) is 1. The fraction of sp³-hybridized carbons (Fsp3) is 0.294. The summed E-state index contributed by atoms with van der Waals surface area (Å²) in [5, 5.41) is 3.50. The second-order valence-electron chi connectivity index (χ2n) is 5.54. The number of carbonyl (C=O) groups is 1. The number of fused-ring (bicyclic) bond motifs is 1. The molecule has 2 heterocycles. The first kappa shape index (κ1) is 15.6. The normalized spacial score (nSPS) is 16.3. The number of amides is 1. The minimum atomic E-state index is -0.212. The Morgan fingerprint density at radius 1 is 1.39 bits per heavy atom. The van der Waals surface area contributed by atoms with Crippen LogP contribution in [0, 0.1) is 6.92 Å². The zero-order chi connectivity index (χ0) is 16.4. The summed E-state index contributed by atoms with van der Waals surface area (Å²) in [5.41, 5.74) is 1.33. The van der Waals surface area contributed by atoms with E-state index in [1.165, 1.54) is 4.57 Å². The number of hydrogen-bond donors (Lipinski definition) is 1. The number of aromatic nitrogens is 1. The molecule has 1 aromatic heterocycles. The number of halogens is 1. The minimum Gasteiger partial charge on any atom is -0.492 e. The van der Waals surface area contributed by atoms with Gasteiger partial charge in [0.2, 0.25) is 5.91 Å². The van der Waals surface area contributed by atoms with Crippen molar-refractivity contribution in [2.45, 2.75) is 25.9 Å². The largest absolute Gasteiger partial charge is 0.492 e. The Balaban J connectivity index is 1.76. The maximum Gasteiger partial charge on any atom is 0.253 e. The predicted octanol–water partition coefficient (Wildman–Crippen LogP) is 2.45. The molecule has 3 rings (SSSR count). The highest BCUT2D eigenvalue weighted by Crippen LogP contribution is 2.37. The number of rotatable bonds is 3. The van der Waals surface area contributed by atoms with Crippen molar-refractivity contribution in [3.8, 4) is 5.75 Å². The Morgan fingerprint density at radius 3 is 3.04 bits per heavy atom. The second kappa shape index (κ2) is 6.46. The van der Waals surface area contributed by atoms with Crippen LogP contribution in [0.2, 0.25) is 5.02 Å². The van der Waals surface area contributed by atoms with Gasteiger partial charge in [-0.3, -0.25) is 9.59 Å². The van der Waals surface area contributed by atoms with Crippen molar-refractivity contribution < 1.29 is 9.53 Å². The van der Waals surface area contributed by atoms with Gasteiger partial charge in [-0.15, -0.1) is 0 Å². The summed E-state index contributed by atoms with van der Waals surface area (Å²) in [6, 6.07) is 8.81. The molecule has 120 valence electrons. The van der Waals surface area contributed by atoms with Crippen LogP contribution in [0.3, 0.4) is 0 Å². The summed E-state index contributed by atoms with van der Waals surface area (Å²) in [4.78, 5) is 24.3. The van der Waals surface area contributed by atoms with Crippen molar-refractivity contribution in [1.29, 1.82) is 0 Å². The zero-order valence-electron chi connectivity index (χ0n) is 12.7. The van der Waals surface area contributed by atoms with Crippen LogP contribution in [-0.4, -0.2) is 17.1 Å². The highest BCUT2D eigenvalue weighted by atomic mass is 35.5. The van der Waals surface area contributed by atoms with Crippen LogP contribution in [0.5, 0.6) is 5.75 Å². The molecule has 0 spiro atoms. The van der Waals surface area contributed by atoms with Crippen LogP contribution < -0.4 is 15.6 Å². The van der Waals surface area contributed by atoms with E-state index in [1.807, 2.05) is 12.1 Å². The molecule has 5 nitrogen and oxygen atoms in total. The maximum atomic E-state index is 12.3. The molecule has 0 saturated heterocycles. The Bertz CT molecular complexity index is 801. The summed E-state index contributed by atoms with van der Waals surface area (Å²) < 4.78 is 6.99.